The Bertz CT molecular complexity index is 790. The summed E-state index contributed by atoms with van der Waals surface area (Å²) in [4.78, 5) is 0.368. The Morgan fingerprint density at radius 2 is 1.81 bits per heavy atom. The van der Waals surface area contributed by atoms with Crippen LogP contribution in [-0.2, 0) is 14.4 Å². The molecule has 1 aliphatic carbocycles. The van der Waals surface area contributed by atoms with Crippen molar-refractivity contribution in [1.29, 1.82) is 0 Å². The van der Waals surface area contributed by atoms with Gasteiger partial charge >= 0.3 is 0 Å². The number of rotatable bonds is 7. The molecule has 0 saturated carbocycles. The van der Waals surface area contributed by atoms with Crippen LogP contribution in [0.5, 0.6) is 0 Å². The van der Waals surface area contributed by atoms with Gasteiger partial charge in [0, 0.05) is 6.42 Å². The fourth-order valence-corrected chi connectivity index (χ4v) is 4.53. The van der Waals surface area contributed by atoms with Gasteiger partial charge in [-0.1, -0.05) is 45.0 Å². The van der Waals surface area contributed by atoms with Crippen LogP contribution in [0, 0.1) is 0 Å². The minimum absolute atomic E-state index is 0.0497. The monoisotopic (exact) mass is 407 g/mol. The van der Waals surface area contributed by atoms with Crippen LogP contribution in [-0.4, -0.2) is 28.2 Å². The highest BCUT2D eigenvalue weighted by molar-refractivity contribution is 7.91. The SMILES string of the molecule is CC(C)(C)[Si](C)(C)O/N=C(\CCS(=O)(=O)c1ccccc1)C1=CCCCC1. The van der Waals surface area contributed by atoms with E-state index in [1.165, 1.54) is 6.42 Å². The second kappa shape index (κ2) is 8.74. The maximum absolute atomic E-state index is 12.7. The Morgan fingerprint density at radius 1 is 1.15 bits per heavy atom. The smallest absolute Gasteiger partial charge is 0.286 e. The lowest BCUT2D eigenvalue weighted by Crippen LogP contribution is -2.39. The van der Waals surface area contributed by atoms with Crippen LogP contribution in [0.1, 0.15) is 52.9 Å². The van der Waals surface area contributed by atoms with Crippen molar-refractivity contribution >= 4 is 23.9 Å². The van der Waals surface area contributed by atoms with E-state index >= 15 is 0 Å². The standard InChI is InChI=1S/C21H33NO3SSi/c1-21(2,3)27(4,5)25-22-20(18-12-8-6-9-13-18)16-17-26(23,24)19-14-10-7-11-15-19/h7,10-12,14-15H,6,8-9,13,16-17H2,1-5H3/b22-20+. The first-order chi connectivity index (χ1) is 12.5. The van der Waals surface area contributed by atoms with E-state index in [9.17, 15) is 8.42 Å². The molecule has 0 unspecified atom stereocenters. The van der Waals surface area contributed by atoms with Crippen molar-refractivity contribution in [2.75, 3.05) is 5.75 Å². The molecule has 0 heterocycles. The third kappa shape index (κ3) is 6.04. The largest absolute Gasteiger partial charge is 0.455 e. The van der Waals surface area contributed by atoms with Gasteiger partial charge in [-0.25, -0.2) is 8.42 Å². The molecule has 0 fully saturated rings. The van der Waals surface area contributed by atoms with E-state index in [4.69, 9.17) is 4.53 Å². The number of benzene rings is 1. The fourth-order valence-electron chi connectivity index (χ4n) is 2.65. The number of hydrogen-bond acceptors (Lipinski definition) is 4. The number of oxime groups is 1. The summed E-state index contributed by atoms with van der Waals surface area (Å²) in [6, 6.07) is 8.64. The third-order valence-corrected chi connectivity index (χ3v) is 11.5. The van der Waals surface area contributed by atoms with Gasteiger partial charge in [0.2, 0.25) is 0 Å². The van der Waals surface area contributed by atoms with Gasteiger partial charge in [0.15, 0.2) is 9.84 Å². The van der Waals surface area contributed by atoms with Gasteiger partial charge in [0.25, 0.3) is 8.32 Å². The lowest BCUT2D eigenvalue weighted by molar-refractivity contribution is 0.307. The quantitative estimate of drug-likeness (QED) is 0.329. The summed E-state index contributed by atoms with van der Waals surface area (Å²) in [6.07, 6.45) is 6.87. The Hall–Kier alpha value is -1.40. The van der Waals surface area contributed by atoms with Crippen molar-refractivity contribution in [2.45, 2.75) is 75.9 Å². The van der Waals surface area contributed by atoms with Gasteiger partial charge in [0.05, 0.1) is 16.4 Å². The molecule has 1 aromatic rings. The first-order valence-electron chi connectivity index (χ1n) is 9.75. The number of allylic oxidation sites excluding steroid dienone is 2. The zero-order chi connectivity index (χ0) is 20.1. The average molecular weight is 408 g/mol. The molecule has 0 radical (unpaired) electrons. The number of nitrogens with zero attached hydrogens (tertiary/aromatic N) is 1. The van der Waals surface area contributed by atoms with Crippen LogP contribution in [0.15, 0.2) is 52.0 Å². The number of sulfone groups is 1. The molecular weight excluding hydrogens is 374 g/mol. The third-order valence-electron chi connectivity index (χ3n) is 5.56. The van der Waals surface area contributed by atoms with E-state index in [1.54, 1.807) is 24.3 Å². The summed E-state index contributed by atoms with van der Waals surface area (Å²) in [5.41, 5.74) is 1.96. The highest BCUT2D eigenvalue weighted by Crippen LogP contribution is 2.37. The van der Waals surface area contributed by atoms with E-state index in [-0.39, 0.29) is 10.8 Å². The highest BCUT2D eigenvalue weighted by Gasteiger charge is 2.40. The Balaban J connectivity index is 2.21. The molecule has 0 amide bonds. The van der Waals surface area contributed by atoms with Crippen molar-refractivity contribution in [1.82, 2.24) is 0 Å². The first kappa shape index (κ1) is 21.9. The summed E-state index contributed by atoms with van der Waals surface area (Å²) in [5, 5.41) is 4.58. The van der Waals surface area contributed by atoms with Crippen LogP contribution in [0.25, 0.3) is 0 Å². The van der Waals surface area contributed by atoms with Crippen molar-refractivity contribution < 1.29 is 12.9 Å². The molecule has 1 aliphatic rings. The second-order valence-electron chi connectivity index (χ2n) is 8.75. The van der Waals surface area contributed by atoms with Crippen molar-refractivity contribution in [3.05, 3.63) is 42.0 Å². The molecule has 0 aromatic heterocycles. The summed E-state index contributed by atoms with van der Waals surface area (Å²) >= 11 is 0. The van der Waals surface area contributed by atoms with Crippen LogP contribution in [0.3, 0.4) is 0 Å². The van der Waals surface area contributed by atoms with Crippen molar-refractivity contribution in [2.24, 2.45) is 5.16 Å². The van der Waals surface area contributed by atoms with E-state index < -0.39 is 18.2 Å². The van der Waals surface area contributed by atoms with Crippen molar-refractivity contribution in [3.63, 3.8) is 0 Å². The zero-order valence-corrected chi connectivity index (χ0v) is 19.1. The maximum Gasteiger partial charge on any atom is 0.286 e. The molecule has 0 saturated heterocycles. The Labute approximate surface area is 165 Å². The second-order valence-corrected chi connectivity index (χ2v) is 15.6. The van der Waals surface area contributed by atoms with E-state index in [1.807, 2.05) is 6.07 Å². The van der Waals surface area contributed by atoms with Gasteiger partial charge < -0.3 is 4.53 Å². The van der Waals surface area contributed by atoms with Crippen LogP contribution in [0.2, 0.25) is 18.1 Å². The molecule has 0 N–H and O–H groups in total. The van der Waals surface area contributed by atoms with Gasteiger partial charge in [0.1, 0.15) is 0 Å². The molecule has 1 aromatic carbocycles. The van der Waals surface area contributed by atoms with Gasteiger partial charge in [-0.05, 0) is 61.5 Å². The number of hydrogen-bond donors (Lipinski definition) is 0. The molecule has 2 rings (SSSR count). The Kier molecular flexibility index (Phi) is 7.08. The molecule has 150 valence electrons. The van der Waals surface area contributed by atoms with Crippen LogP contribution in [0.4, 0.5) is 0 Å². The molecule has 0 bridgehead atoms. The predicted octanol–water partition coefficient (Wildman–Crippen LogP) is 5.73. The lowest BCUT2D eigenvalue weighted by atomic mass is 9.95. The predicted molar refractivity (Wildman–Crippen MR) is 115 cm³/mol. The average Bonchev–Trinajstić information content (AvgIpc) is 2.62. The first-order valence-corrected chi connectivity index (χ1v) is 14.3. The van der Waals surface area contributed by atoms with Crippen molar-refractivity contribution in [3.8, 4) is 0 Å². The minimum atomic E-state index is -3.33. The summed E-state index contributed by atoms with van der Waals surface area (Å²) < 4.78 is 31.4. The van der Waals surface area contributed by atoms with Gasteiger partial charge in [-0.2, -0.15) is 0 Å². The topological polar surface area (TPSA) is 55.7 Å². The molecule has 0 atom stereocenters. The lowest BCUT2D eigenvalue weighted by Gasteiger charge is -2.33. The Morgan fingerprint density at radius 3 is 2.37 bits per heavy atom. The van der Waals surface area contributed by atoms with Crippen LogP contribution >= 0.6 is 0 Å². The normalized spacial score (nSPS) is 16.8. The molecule has 27 heavy (non-hydrogen) atoms. The zero-order valence-electron chi connectivity index (χ0n) is 17.3. The molecule has 4 nitrogen and oxygen atoms in total. The molecule has 6 heteroatoms. The fraction of sp³-hybridized carbons (Fsp3) is 0.571. The highest BCUT2D eigenvalue weighted by atomic mass is 32.2. The van der Waals surface area contributed by atoms with Crippen LogP contribution < -0.4 is 0 Å². The summed E-state index contributed by atoms with van der Waals surface area (Å²) in [6.45, 7) is 10.8. The minimum Gasteiger partial charge on any atom is -0.455 e. The van der Waals surface area contributed by atoms with Gasteiger partial charge in [-0.15, -0.1) is 5.16 Å². The van der Waals surface area contributed by atoms with Gasteiger partial charge in [-0.3, -0.25) is 0 Å². The summed E-state index contributed by atoms with van der Waals surface area (Å²) in [7, 11) is -5.36. The molecule has 0 spiro atoms. The van der Waals surface area contributed by atoms with E-state index in [2.05, 4.69) is 45.1 Å². The van der Waals surface area contributed by atoms with E-state index in [0.29, 0.717) is 11.3 Å². The molecular formula is C21H33NO3SSi. The maximum atomic E-state index is 12.7. The van der Waals surface area contributed by atoms with E-state index in [0.717, 1.165) is 30.5 Å². The molecule has 0 aliphatic heterocycles. The summed E-state index contributed by atoms with van der Waals surface area (Å²) in [5.74, 6) is 0.0497.